The summed E-state index contributed by atoms with van der Waals surface area (Å²) >= 11 is 0. The molecule has 1 aliphatic carbocycles. The SMILES string of the molecule is CCOC(=O)CCCNC(=O)C(CC(C)C)CC(O)C(N)CC1CCCCC1.Cl. The van der Waals surface area contributed by atoms with E-state index in [4.69, 9.17) is 10.5 Å². The fourth-order valence-electron chi connectivity index (χ4n) is 4.13. The molecule has 29 heavy (non-hydrogen) atoms. The third kappa shape index (κ3) is 12.4. The molecule has 1 fully saturated rings. The molecule has 6 nitrogen and oxygen atoms in total. The highest BCUT2D eigenvalue weighted by molar-refractivity contribution is 5.85. The van der Waals surface area contributed by atoms with Gasteiger partial charge in [0, 0.05) is 24.9 Å². The Bertz CT molecular complexity index is 456. The van der Waals surface area contributed by atoms with Gasteiger partial charge in [0.05, 0.1) is 12.7 Å². The summed E-state index contributed by atoms with van der Waals surface area (Å²) in [5.74, 6) is 0.423. The molecule has 1 amide bonds. The summed E-state index contributed by atoms with van der Waals surface area (Å²) in [4.78, 5) is 24.0. The molecule has 0 aliphatic heterocycles. The zero-order valence-electron chi connectivity index (χ0n) is 18.5. The lowest BCUT2D eigenvalue weighted by Crippen LogP contribution is -2.41. The quantitative estimate of drug-likeness (QED) is 0.303. The van der Waals surface area contributed by atoms with Gasteiger partial charge < -0.3 is 20.9 Å². The zero-order chi connectivity index (χ0) is 20.9. The van der Waals surface area contributed by atoms with Crippen molar-refractivity contribution < 1.29 is 19.4 Å². The van der Waals surface area contributed by atoms with Crippen LogP contribution in [0.5, 0.6) is 0 Å². The molecular weight excluding hydrogens is 392 g/mol. The lowest BCUT2D eigenvalue weighted by Gasteiger charge is -2.29. The maximum Gasteiger partial charge on any atom is 0.305 e. The largest absolute Gasteiger partial charge is 0.466 e. The summed E-state index contributed by atoms with van der Waals surface area (Å²) < 4.78 is 4.89. The Labute approximate surface area is 183 Å². The lowest BCUT2D eigenvalue weighted by atomic mass is 9.82. The zero-order valence-corrected chi connectivity index (χ0v) is 19.3. The summed E-state index contributed by atoms with van der Waals surface area (Å²) in [5, 5.41) is 13.5. The number of hydrogen-bond donors (Lipinski definition) is 3. The molecule has 0 saturated heterocycles. The molecule has 0 aromatic heterocycles. The van der Waals surface area contributed by atoms with Crippen LogP contribution >= 0.6 is 12.4 Å². The van der Waals surface area contributed by atoms with Crippen LogP contribution in [0.1, 0.15) is 85.0 Å². The van der Waals surface area contributed by atoms with Crippen molar-refractivity contribution in [1.82, 2.24) is 5.32 Å². The number of carbonyl (C=O) groups is 2. The third-order valence-electron chi connectivity index (χ3n) is 5.64. The second-order valence-corrected chi connectivity index (χ2v) is 8.73. The number of aliphatic hydroxyl groups excluding tert-OH is 1. The fraction of sp³-hybridized carbons (Fsp3) is 0.909. The summed E-state index contributed by atoms with van der Waals surface area (Å²) in [6.07, 6.45) is 8.41. The third-order valence-corrected chi connectivity index (χ3v) is 5.64. The lowest BCUT2D eigenvalue weighted by molar-refractivity contribution is -0.143. The van der Waals surface area contributed by atoms with Crippen LogP contribution < -0.4 is 11.1 Å². The van der Waals surface area contributed by atoms with Gasteiger partial charge in [-0.3, -0.25) is 9.59 Å². The van der Waals surface area contributed by atoms with Crippen molar-refractivity contribution in [2.75, 3.05) is 13.2 Å². The van der Waals surface area contributed by atoms with Gasteiger partial charge in [-0.05, 0) is 44.4 Å². The van der Waals surface area contributed by atoms with Crippen LogP contribution in [0.4, 0.5) is 0 Å². The second kappa shape index (κ2) is 15.9. The first-order chi connectivity index (χ1) is 13.3. The van der Waals surface area contributed by atoms with E-state index in [9.17, 15) is 14.7 Å². The van der Waals surface area contributed by atoms with E-state index in [1.165, 1.54) is 32.1 Å². The van der Waals surface area contributed by atoms with Crippen LogP contribution in [0.25, 0.3) is 0 Å². The molecule has 0 heterocycles. The Kier molecular flexibility index (Phi) is 15.5. The number of carbonyl (C=O) groups excluding carboxylic acids is 2. The van der Waals surface area contributed by atoms with Gasteiger partial charge in [-0.2, -0.15) is 0 Å². The van der Waals surface area contributed by atoms with Gasteiger partial charge in [0.15, 0.2) is 0 Å². The van der Waals surface area contributed by atoms with Crippen LogP contribution in [0, 0.1) is 17.8 Å². The van der Waals surface area contributed by atoms with Crippen LogP contribution in [0.2, 0.25) is 0 Å². The molecule has 0 aromatic rings. The summed E-state index contributed by atoms with van der Waals surface area (Å²) in [7, 11) is 0. The molecule has 1 aliphatic rings. The summed E-state index contributed by atoms with van der Waals surface area (Å²) in [6.45, 7) is 6.75. The first-order valence-corrected chi connectivity index (χ1v) is 11.2. The van der Waals surface area contributed by atoms with Crippen LogP contribution in [-0.4, -0.2) is 42.3 Å². The number of nitrogens with one attached hydrogen (secondary N) is 1. The first kappa shape index (κ1) is 28.1. The molecule has 1 saturated carbocycles. The minimum absolute atomic E-state index is 0. The topological polar surface area (TPSA) is 102 Å². The number of halogens is 1. The molecule has 0 bridgehead atoms. The molecule has 172 valence electrons. The molecule has 0 spiro atoms. The van der Waals surface area contributed by atoms with E-state index in [-0.39, 0.29) is 36.2 Å². The van der Waals surface area contributed by atoms with Crippen molar-refractivity contribution in [2.45, 2.75) is 97.1 Å². The molecule has 4 N–H and O–H groups in total. The van der Waals surface area contributed by atoms with E-state index in [1.807, 2.05) is 0 Å². The fourth-order valence-corrected chi connectivity index (χ4v) is 4.13. The van der Waals surface area contributed by atoms with E-state index in [2.05, 4.69) is 19.2 Å². The Morgan fingerprint density at radius 2 is 1.83 bits per heavy atom. The number of hydrogen-bond acceptors (Lipinski definition) is 5. The first-order valence-electron chi connectivity index (χ1n) is 11.2. The second-order valence-electron chi connectivity index (χ2n) is 8.73. The highest BCUT2D eigenvalue weighted by atomic mass is 35.5. The average molecular weight is 435 g/mol. The predicted octanol–water partition coefficient (Wildman–Crippen LogP) is 3.58. The minimum Gasteiger partial charge on any atom is -0.466 e. The van der Waals surface area contributed by atoms with E-state index in [0.29, 0.717) is 44.2 Å². The number of esters is 1. The van der Waals surface area contributed by atoms with Crippen molar-refractivity contribution in [3.05, 3.63) is 0 Å². The number of amides is 1. The maximum absolute atomic E-state index is 12.6. The molecule has 3 atom stereocenters. The van der Waals surface area contributed by atoms with Crippen LogP contribution in [-0.2, 0) is 14.3 Å². The van der Waals surface area contributed by atoms with Crippen molar-refractivity contribution in [3.8, 4) is 0 Å². The van der Waals surface area contributed by atoms with Crippen molar-refractivity contribution in [1.29, 1.82) is 0 Å². The van der Waals surface area contributed by atoms with Gasteiger partial charge in [-0.15, -0.1) is 12.4 Å². The molecule has 7 heteroatoms. The molecule has 0 aromatic carbocycles. The highest BCUT2D eigenvalue weighted by Gasteiger charge is 2.27. The normalized spacial score (nSPS) is 17.9. The molecule has 3 unspecified atom stereocenters. The standard InChI is InChI=1S/C22H42N2O4.ClH/c1-4-28-21(26)11-8-12-24-22(27)18(13-16(2)3)15-20(25)19(23)14-17-9-6-5-7-10-17;/h16-20,25H,4-15,23H2,1-3H3,(H,24,27);1H. The average Bonchev–Trinajstić information content (AvgIpc) is 2.65. The monoisotopic (exact) mass is 434 g/mol. The van der Waals surface area contributed by atoms with E-state index >= 15 is 0 Å². The highest BCUT2D eigenvalue weighted by Crippen LogP contribution is 2.28. The number of nitrogens with two attached hydrogens (primary N) is 1. The number of rotatable bonds is 13. The summed E-state index contributed by atoms with van der Waals surface area (Å²) in [6, 6.07) is -0.269. The Morgan fingerprint density at radius 1 is 1.17 bits per heavy atom. The summed E-state index contributed by atoms with van der Waals surface area (Å²) in [5.41, 5.74) is 6.28. The Hall–Kier alpha value is -0.850. The predicted molar refractivity (Wildman–Crippen MR) is 119 cm³/mol. The minimum atomic E-state index is -0.657. The van der Waals surface area contributed by atoms with Crippen molar-refractivity contribution in [2.24, 2.45) is 23.5 Å². The van der Waals surface area contributed by atoms with Crippen LogP contribution in [0.3, 0.4) is 0 Å². The van der Waals surface area contributed by atoms with E-state index in [1.54, 1.807) is 6.92 Å². The van der Waals surface area contributed by atoms with Crippen molar-refractivity contribution >= 4 is 24.3 Å². The van der Waals surface area contributed by atoms with Crippen molar-refractivity contribution in [3.63, 3.8) is 0 Å². The van der Waals surface area contributed by atoms with Gasteiger partial charge in [0.2, 0.25) is 5.91 Å². The molecular formula is C22H43ClN2O4. The smallest absolute Gasteiger partial charge is 0.305 e. The molecule has 1 rings (SSSR count). The maximum atomic E-state index is 12.6. The Balaban J connectivity index is 0.00000784. The van der Waals surface area contributed by atoms with E-state index < -0.39 is 6.10 Å². The Morgan fingerprint density at radius 3 is 2.41 bits per heavy atom. The van der Waals surface area contributed by atoms with Gasteiger partial charge >= 0.3 is 5.97 Å². The number of aliphatic hydroxyl groups is 1. The van der Waals surface area contributed by atoms with Gasteiger partial charge in [0.25, 0.3) is 0 Å². The van der Waals surface area contributed by atoms with Gasteiger partial charge in [0.1, 0.15) is 0 Å². The van der Waals surface area contributed by atoms with Gasteiger partial charge in [-0.25, -0.2) is 0 Å². The van der Waals surface area contributed by atoms with Gasteiger partial charge in [-0.1, -0.05) is 46.0 Å². The van der Waals surface area contributed by atoms with E-state index in [0.717, 1.165) is 12.8 Å². The number of ether oxygens (including phenoxy) is 1. The molecule has 0 radical (unpaired) electrons. The van der Waals surface area contributed by atoms with Crippen LogP contribution in [0.15, 0.2) is 0 Å².